The Morgan fingerprint density at radius 3 is 2.90 bits per heavy atom. The Hall–Kier alpha value is -2.01. The van der Waals surface area contributed by atoms with Crippen LogP contribution in [0.25, 0.3) is 0 Å². The highest BCUT2D eigenvalue weighted by molar-refractivity contribution is 5.21. The van der Waals surface area contributed by atoms with E-state index in [1.165, 1.54) is 6.42 Å². The first-order valence-corrected chi connectivity index (χ1v) is 7.42. The molecule has 2 aromatic heterocycles. The van der Waals surface area contributed by atoms with E-state index >= 15 is 0 Å². The molecule has 0 bridgehead atoms. The lowest BCUT2D eigenvalue weighted by atomic mass is 9.96. The number of hydrogen-bond donors (Lipinski definition) is 1. The van der Waals surface area contributed by atoms with Crippen LogP contribution in [0.15, 0.2) is 36.9 Å². The molecular weight excluding hydrogens is 264 g/mol. The minimum Gasteiger partial charge on any atom is -0.474 e. The maximum Gasteiger partial charge on any atom is 0.213 e. The molecule has 21 heavy (non-hydrogen) atoms. The Balaban J connectivity index is 1.56. The molecule has 1 aliphatic carbocycles. The van der Waals surface area contributed by atoms with Crippen LogP contribution in [-0.4, -0.2) is 21.1 Å². The van der Waals surface area contributed by atoms with Crippen molar-refractivity contribution in [3.05, 3.63) is 48.2 Å². The molecule has 1 unspecified atom stereocenters. The van der Waals surface area contributed by atoms with Gasteiger partial charge in [0.1, 0.15) is 6.10 Å². The van der Waals surface area contributed by atoms with E-state index in [2.05, 4.69) is 27.2 Å². The maximum absolute atomic E-state index is 5.82. The van der Waals surface area contributed by atoms with E-state index in [-0.39, 0.29) is 6.04 Å². The summed E-state index contributed by atoms with van der Waals surface area (Å²) in [6, 6.07) is 4.17. The fraction of sp³-hybridized carbons (Fsp3) is 0.438. The Bertz CT molecular complexity index is 571. The molecule has 1 saturated carbocycles. The van der Waals surface area contributed by atoms with Crippen LogP contribution in [0, 0.1) is 0 Å². The Morgan fingerprint density at radius 1 is 1.29 bits per heavy atom. The van der Waals surface area contributed by atoms with Crippen LogP contribution in [0.3, 0.4) is 0 Å². The molecule has 0 aliphatic heterocycles. The molecule has 3 rings (SSSR count). The minimum atomic E-state index is 0.155. The molecule has 1 N–H and O–H groups in total. The van der Waals surface area contributed by atoms with Gasteiger partial charge in [0, 0.05) is 43.4 Å². The number of rotatable bonds is 6. The Kier molecular flexibility index (Phi) is 4.40. The summed E-state index contributed by atoms with van der Waals surface area (Å²) in [6.07, 6.45) is 10.9. The topological polar surface area (TPSA) is 59.9 Å². The second-order valence-corrected chi connectivity index (χ2v) is 5.41. The van der Waals surface area contributed by atoms with Crippen molar-refractivity contribution in [2.45, 2.75) is 44.9 Å². The van der Waals surface area contributed by atoms with Gasteiger partial charge in [-0.25, -0.2) is 4.98 Å². The first-order valence-electron chi connectivity index (χ1n) is 7.42. The van der Waals surface area contributed by atoms with Crippen molar-refractivity contribution < 1.29 is 4.74 Å². The van der Waals surface area contributed by atoms with Crippen LogP contribution in [0.5, 0.6) is 5.88 Å². The first-order chi connectivity index (χ1) is 10.3. The molecule has 2 heterocycles. The van der Waals surface area contributed by atoms with Crippen LogP contribution >= 0.6 is 0 Å². The van der Waals surface area contributed by atoms with Crippen molar-refractivity contribution in [3.63, 3.8) is 0 Å². The lowest BCUT2D eigenvalue weighted by molar-refractivity contribution is 0.114. The zero-order valence-corrected chi connectivity index (χ0v) is 12.2. The number of ether oxygens (including phenoxy) is 1. The smallest absolute Gasteiger partial charge is 0.213 e. The van der Waals surface area contributed by atoms with E-state index in [4.69, 9.17) is 4.74 Å². The second kappa shape index (κ2) is 6.63. The highest BCUT2D eigenvalue weighted by Gasteiger charge is 2.19. The minimum absolute atomic E-state index is 0.155. The largest absolute Gasteiger partial charge is 0.474 e. The summed E-state index contributed by atoms with van der Waals surface area (Å²) in [6.45, 7) is 2.83. The fourth-order valence-corrected chi connectivity index (χ4v) is 2.19. The molecule has 0 spiro atoms. The fourth-order valence-electron chi connectivity index (χ4n) is 2.19. The SMILES string of the molecule is CC(NCc1ccnc(OC2CCC2)c1)c1cnccn1. The molecule has 1 atom stereocenters. The van der Waals surface area contributed by atoms with Crippen LogP contribution in [-0.2, 0) is 6.54 Å². The molecule has 1 aliphatic rings. The predicted octanol–water partition coefficient (Wildman–Crippen LogP) is 2.65. The van der Waals surface area contributed by atoms with Crippen molar-refractivity contribution in [1.82, 2.24) is 20.3 Å². The van der Waals surface area contributed by atoms with Gasteiger partial charge >= 0.3 is 0 Å². The normalized spacial score (nSPS) is 16.2. The quantitative estimate of drug-likeness (QED) is 0.883. The van der Waals surface area contributed by atoms with Crippen molar-refractivity contribution in [3.8, 4) is 5.88 Å². The number of aromatic nitrogens is 3. The second-order valence-electron chi connectivity index (χ2n) is 5.41. The average Bonchev–Trinajstić information content (AvgIpc) is 2.50. The monoisotopic (exact) mass is 284 g/mol. The van der Waals surface area contributed by atoms with Crippen molar-refractivity contribution in [1.29, 1.82) is 0 Å². The molecule has 5 nitrogen and oxygen atoms in total. The van der Waals surface area contributed by atoms with E-state index in [0.29, 0.717) is 6.10 Å². The van der Waals surface area contributed by atoms with E-state index in [1.54, 1.807) is 24.8 Å². The van der Waals surface area contributed by atoms with Gasteiger partial charge in [-0.2, -0.15) is 0 Å². The van der Waals surface area contributed by atoms with E-state index in [9.17, 15) is 0 Å². The third kappa shape index (κ3) is 3.76. The van der Waals surface area contributed by atoms with Gasteiger partial charge < -0.3 is 10.1 Å². The van der Waals surface area contributed by atoms with Gasteiger partial charge in [-0.05, 0) is 37.8 Å². The van der Waals surface area contributed by atoms with Gasteiger partial charge in [-0.3, -0.25) is 9.97 Å². The van der Waals surface area contributed by atoms with E-state index in [0.717, 1.165) is 36.5 Å². The van der Waals surface area contributed by atoms with Gasteiger partial charge in [0.25, 0.3) is 0 Å². The number of nitrogens with zero attached hydrogens (tertiary/aromatic N) is 3. The molecule has 1 fully saturated rings. The first kappa shape index (κ1) is 13.9. The molecule has 0 amide bonds. The average molecular weight is 284 g/mol. The van der Waals surface area contributed by atoms with Crippen molar-refractivity contribution in [2.24, 2.45) is 0 Å². The van der Waals surface area contributed by atoms with Crippen LogP contribution in [0.4, 0.5) is 0 Å². The zero-order valence-electron chi connectivity index (χ0n) is 12.2. The predicted molar refractivity (Wildman–Crippen MR) is 79.8 cm³/mol. The van der Waals surface area contributed by atoms with Crippen LogP contribution in [0.1, 0.15) is 43.5 Å². The zero-order chi connectivity index (χ0) is 14.5. The van der Waals surface area contributed by atoms with Gasteiger partial charge in [-0.15, -0.1) is 0 Å². The standard InChI is InChI=1S/C16H20N4O/c1-12(15-11-17-7-8-18-15)20-10-13-5-6-19-16(9-13)21-14-3-2-4-14/h5-9,11-12,14,20H,2-4,10H2,1H3. The van der Waals surface area contributed by atoms with E-state index < -0.39 is 0 Å². The number of hydrogen-bond acceptors (Lipinski definition) is 5. The van der Waals surface area contributed by atoms with Gasteiger partial charge in [0.05, 0.1) is 5.69 Å². The van der Waals surface area contributed by atoms with Gasteiger partial charge in [-0.1, -0.05) is 0 Å². The van der Waals surface area contributed by atoms with Crippen LogP contribution in [0.2, 0.25) is 0 Å². The van der Waals surface area contributed by atoms with Gasteiger partial charge in [0.15, 0.2) is 0 Å². The Morgan fingerprint density at radius 2 is 2.19 bits per heavy atom. The number of nitrogens with one attached hydrogen (secondary N) is 1. The summed E-state index contributed by atoms with van der Waals surface area (Å²) in [5.41, 5.74) is 2.10. The molecule has 110 valence electrons. The third-order valence-corrected chi connectivity index (χ3v) is 3.78. The third-order valence-electron chi connectivity index (χ3n) is 3.78. The van der Waals surface area contributed by atoms with Gasteiger partial charge in [0.2, 0.25) is 5.88 Å². The molecule has 5 heteroatoms. The van der Waals surface area contributed by atoms with Crippen molar-refractivity contribution in [2.75, 3.05) is 0 Å². The summed E-state index contributed by atoms with van der Waals surface area (Å²) < 4.78 is 5.82. The molecular formula is C16H20N4O. The Labute approximate surface area is 124 Å². The molecule has 0 saturated heterocycles. The maximum atomic E-state index is 5.82. The molecule has 2 aromatic rings. The lowest BCUT2D eigenvalue weighted by Crippen LogP contribution is -2.25. The summed E-state index contributed by atoms with van der Waals surface area (Å²) in [4.78, 5) is 12.7. The molecule has 0 aromatic carbocycles. The highest BCUT2D eigenvalue weighted by atomic mass is 16.5. The number of pyridine rings is 1. The van der Waals surface area contributed by atoms with Crippen LogP contribution < -0.4 is 10.1 Å². The summed E-state index contributed by atoms with van der Waals surface area (Å²) in [5, 5.41) is 3.44. The van der Waals surface area contributed by atoms with E-state index in [1.807, 2.05) is 12.1 Å². The summed E-state index contributed by atoms with van der Waals surface area (Å²) in [5.74, 6) is 0.728. The highest BCUT2D eigenvalue weighted by Crippen LogP contribution is 2.24. The molecule has 0 radical (unpaired) electrons. The van der Waals surface area contributed by atoms with Crippen molar-refractivity contribution >= 4 is 0 Å². The lowest BCUT2D eigenvalue weighted by Gasteiger charge is -2.25. The summed E-state index contributed by atoms with van der Waals surface area (Å²) >= 11 is 0. The summed E-state index contributed by atoms with van der Waals surface area (Å²) in [7, 11) is 0.